The third-order valence-electron chi connectivity index (χ3n) is 4.18. The SMILES string of the molecule is CC(C)[C@@H]1CC[C@@H](C)C2=C1C(=O)CCC2. The topological polar surface area (TPSA) is 17.1 Å². The number of Topliss-reactive ketones (excluding diaryl/α,β-unsaturated/α-hetero) is 1. The van der Waals surface area contributed by atoms with Crippen molar-refractivity contribution >= 4 is 5.78 Å². The highest BCUT2D eigenvalue weighted by Gasteiger charge is 2.34. The van der Waals surface area contributed by atoms with Crippen LogP contribution in [-0.2, 0) is 4.79 Å². The molecule has 0 saturated carbocycles. The summed E-state index contributed by atoms with van der Waals surface area (Å²) >= 11 is 0. The van der Waals surface area contributed by atoms with Gasteiger partial charge in [0.2, 0.25) is 0 Å². The van der Waals surface area contributed by atoms with Crippen molar-refractivity contribution < 1.29 is 4.79 Å². The Morgan fingerprint density at radius 2 is 1.93 bits per heavy atom. The molecule has 2 rings (SSSR count). The van der Waals surface area contributed by atoms with E-state index in [1.54, 1.807) is 0 Å². The standard InChI is InChI=1S/C14H22O/c1-9(2)11-8-7-10(3)12-5-4-6-13(15)14(11)12/h9-11H,4-8H2,1-3H3/t10-,11+/m1/s1. The van der Waals surface area contributed by atoms with Crippen molar-refractivity contribution in [3.05, 3.63) is 11.1 Å². The number of carbonyl (C=O) groups excluding carboxylic acids is 1. The molecule has 1 heteroatoms. The average Bonchev–Trinajstić information content (AvgIpc) is 2.19. The van der Waals surface area contributed by atoms with Crippen LogP contribution in [0.3, 0.4) is 0 Å². The molecule has 0 N–H and O–H groups in total. The number of carbonyl (C=O) groups is 1. The molecule has 0 aromatic carbocycles. The van der Waals surface area contributed by atoms with Crippen molar-refractivity contribution in [1.82, 2.24) is 0 Å². The van der Waals surface area contributed by atoms with Gasteiger partial charge in [0.05, 0.1) is 0 Å². The van der Waals surface area contributed by atoms with Crippen molar-refractivity contribution in [2.75, 3.05) is 0 Å². The van der Waals surface area contributed by atoms with Crippen LogP contribution in [0.4, 0.5) is 0 Å². The Kier molecular flexibility index (Phi) is 2.99. The van der Waals surface area contributed by atoms with Gasteiger partial charge in [0.1, 0.15) is 0 Å². The molecule has 0 radical (unpaired) electrons. The van der Waals surface area contributed by atoms with Gasteiger partial charge < -0.3 is 0 Å². The van der Waals surface area contributed by atoms with Crippen molar-refractivity contribution in [3.8, 4) is 0 Å². The quantitative estimate of drug-likeness (QED) is 0.638. The van der Waals surface area contributed by atoms with Crippen LogP contribution in [0.5, 0.6) is 0 Å². The molecule has 0 saturated heterocycles. The maximum atomic E-state index is 12.0. The van der Waals surface area contributed by atoms with Gasteiger partial charge in [-0.3, -0.25) is 4.79 Å². The molecule has 2 aliphatic carbocycles. The highest BCUT2D eigenvalue weighted by atomic mass is 16.1. The molecule has 2 atom stereocenters. The molecule has 84 valence electrons. The number of ketones is 1. The summed E-state index contributed by atoms with van der Waals surface area (Å²) in [6.07, 6.45) is 5.59. The maximum Gasteiger partial charge on any atom is 0.159 e. The lowest BCUT2D eigenvalue weighted by Crippen LogP contribution is -2.29. The van der Waals surface area contributed by atoms with Gasteiger partial charge in [0.15, 0.2) is 5.78 Å². The zero-order valence-corrected chi connectivity index (χ0v) is 10.2. The third kappa shape index (κ3) is 1.89. The number of hydrogen-bond acceptors (Lipinski definition) is 1. The van der Waals surface area contributed by atoms with Gasteiger partial charge in [0, 0.05) is 6.42 Å². The van der Waals surface area contributed by atoms with Crippen LogP contribution in [0.1, 0.15) is 52.9 Å². The average molecular weight is 206 g/mol. The fraction of sp³-hybridized carbons (Fsp3) is 0.786. The maximum absolute atomic E-state index is 12.0. The van der Waals surface area contributed by atoms with E-state index in [9.17, 15) is 4.79 Å². The molecule has 0 fully saturated rings. The van der Waals surface area contributed by atoms with Crippen molar-refractivity contribution in [2.24, 2.45) is 17.8 Å². The van der Waals surface area contributed by atoms with Crippen LogP contribution >= 0.6 is 0 Å². The first-order valence-electron chi connectivity index (χ1n) is 6.37. The molecule has 0 aromatic heterocycles. The normalized spacial score (nSPS) is 32.1. The Labute approximate surface area is 92.9 Å². The molecule has 0 amide bonds. The van der Waals surface area contributed by atoms with E-state index in [1.807, 2.05) is 0 Å². The van der Waals surface area contributed by atoms with Crippen molar-refractivity contribution in [1.29, 1.82) is 0 Å². The van der Waals surface area contributed by atoms with E-state index in [2.05, 4.69) is 20.8 Å². The van der Waals surface area contributed by atoms with Crippen LogP contribution in [0.15, 0.2) is 11.1 Å². The van der Waals surface area contributed by atoms with Gasteiger partial charge in [-0.2, -0.15) is 0 Å². The Balaban J connectivity index is 2.38. The van der Waals surface area contributed by atoms with Crippen LogP contribution in [-0.4, -0.2) is 5.78 Å². The van der Waals surface area contributed by atoms with E-state index in [-0.39, 0.29) is 0 Å². The van der Waals surface area contributed by atoms with Crippen molar-refractivity contribution in [3.63, 3.8) is 0 Å². The largest absolute Gasteiger partial charge is 0.295 e. The number of rotatable bonds is 1. The molecule has 0 heterocycles. The molecule has 0 spiro atoms. The summed E-state index contributed by atoms with van der Waals surface area (Å²) < 4.78 is 0. The molecular formula is C14H22O. The smallest absolute Gasteiger partial charge is 0.159 e. The third-order valence-corrected chi connectivity index (χ3v) is 4.18. The van der Waals surface area contributed by atoms with E-state index in [0.29, 0.717) is 23.5 Å². The van der Waals surface area contributed by atoms with Gasteiger partial charge in [0.25, 0.3) is 0 Å². The van der Waals surface area contributed by atoms with E-state index < -0.39 is 0 Å². The van der Waals surface area contributed by atoms with Crippen LogP contribution in [0.2, 0.25) is 0 Å². The fourth-order valence-electron chi connectivity index (χ4n) is 3.26. The Morgan fingerprint density at radius 3 is 2.60 bits per heavy atom. The van der Waals surface area contributed by atoms with Gasteiger partial charge in [-0.25, -0.2) is 0 Å². The molecule has 1 nitrogen and oxygen atoms in total. The predicted octanol–water partition coefficient (Wildman–Crippen LogP) is 3.74. The summed E-state index contributed by atoms with van der Waals surface area (Å²) in [7, 11) is 0. The summed E-state index contributed by atoms with van der Waals surface area (Å²) in [6.45, 7) is 6.81. The number of allylic oxidation sites excluding steroid dienone is 2. The fourth-order valence-corrected chi connectivity index (χ4v) is 3.26. The summed E-state index contributed by atoms with van der Waals surface area (Å²) in [6, 6.07) is 0. The monoisotopic (exact) mass is 206 g/mol. The minimum Gasteiger partial charge on any atom is -0.295 e. The molecule has 0 aliphatic heterocycles. The summed E-state index contributed by atoms with van der Waals surface area (Å²) in [4.78, 5) is 12.0. The van der Waals surface area contributed by atoms with Gasteiger partial charge >= 0.3 is 0 Å². The first kappa shape index (κ1) is 10.9. The summed E-state index contributed by atoms with van der Waals surface area (Å²) in [5.41, 5.74) is 2.76. The predicted molar refractivity (Wildman–Crippen MR) is 62.6 cm³/mol. The second-order valence-corrected chi connectivity index (χ2v) is 5.54. The minimum absolute atomic E-state index is 0.460. The zero-order valence-electron chi connectivity index (χ0n) is 10.2. The van der Waals surface area contributed by atoms with E-state index >= 15 is 0 Å². The van der Waals surface area contributed by atoms with Gasteiger partial charge in [-0.15, -0.1) is 0 Å². The Hall–Kier alpha value is -0.590. The molecule has 0 bridgehead atoms. The molecular weight excluding hydrogens is 184 g/mol. The second-order valence-electron chi connectivity index (χ2n) is 5.54. The first-order valence-corrected chi connectivity index (χ1v) is 6.37. The lowest BCUT2D eigenvalue weighted by molar-refractivity contribution is -0.117. The molecule has 2 aliphatic rings. The zero-order chi connectivity index (χ0) is 11.0. The highest BCUT2D eigenvalue weighted by molar-refractivity contribution is 5.97. The van der Waals surface area contributed by atoms with E-state index in [4.69, 9.17) is 0 Å². The van der Waals surface area contributed by atoms with Gasteiger partial charge in [-0.1, -0.05) is 26.3 Å². The summed E-state index contributed by atoms with van der Waals surface area (Å²) in [5, 5.41) is 0. The lowest BCUT2D eigenvalue weighted by atomic mass is 9.68. The van der Waals surface area contributed by atoms with E-state index in [0.717, 1.165) is 12.8 Å². The molecule has 15 heavy (non-hydrogen) atoms. The molecule has 0 aromatic rings. The van der Waals surface area contributed by atoms with E-state index in [1.165, 1.54) is 30.4 Å². The number of hydrogen-bond donors (Lipinski definition) is 0. The van der Waals surface area contributed by atoms with Crippen LogP contribution in [0.25, 0.3) is 0 Å². The van der Waals surface area contributed by atoms with Crippen molar-refractivity contribution in [2.45, 2.75) is 52.9 Å². The first-order chi connectivity index (χ1) is 7.11. The van der Waals surface area contributed by atoms with Crippen LogP contribution < -0.4 is 0 Å². The van der Waals surface area contributed by atoms with Crippen LogP contribution in [0, 0.1) is 17.8 Å². The Bertz CT molecular complexity index is 298. The highest BCUT2D eigenvalue weighted by Crippen LogP contribution is 2.43. The summed E-state index contributed by atoms with van der Waals surface area (Å²) in [5.74, 6) is 2.31. The molecule has 0 unspecified atom stereocenters. The lowest BCUT2D eigenvalue weighted by Gasteiger charge is -2.36. The second kappa shape index (κ2) is 4.11. The van der Waals surface area contributed by atoms with Gasteiger partial charge in [-0.05, 0) is 49.0 Å². The minimum atomic E-state index is 0.460. The Morgan fingerprint density at radius 1 is 1.20 bits per heavy atom.